The first-order valence-electron chi connectivity index (χ1n) is 6.34. The molecular formula is C13H25ClN4O. The summed E-state index contributed by atoms with van der Waals surface area (Å²) < 4.78 is 1.71. The summed E-state index contributed by atoms with van der Waals surface area (Å²) in [5.74, 6) is 0.449. The Morgan fingerprint density at radius 2 is 2.11 bits per heavy atom. The molecule has 1 rings (SSSR count). The molecule has 0 aliphatic rings. The van der Waals surface area contributed by atoms with Crippen LogP contribution in [0.15, 0.2) is 6.20 Å². The summed E-state index contributed by atoms with van der Waals surface area (Å²) in [5.41, 5.74) is 7.54. The van der Waals surface area contributed by atoms with Crippen molar-refractivity contribution in [3.8, 4) is 0 Å². The minimum Gasteiger partial charge on any atom is -0.342 e. The Kier molecular flexibility index (Phi) is 7.08. The quantitative estimate of drug-likeness (QED) is 0.895. The van der Waals surface area contributed by atoms with Crippen LogP contribution in [0.4, 0.5) is 0 Å². The van der Waals surface area contributed by atoms with Crippen molar-refractivity contribution in [2.24, 2.45) is 18.7 Å². The fourth-order valence-electron chi connectivity index (χ4n) is 1.69. The third kappa shape index (κ3) is 4.51. The van der Waals surface area contributed by atoms with E-state index in [1.165, 1.54) is 0 Å². The van der Waals surface area contributed by atoms with Gasteiger partial charge in [0.25, 0.3) is 5.91 Å². The van der Waals surface area contributed by atoms with Crippen LogP contribution in [-0.4, -0.2) is 40.2 Å². The summed E-state index contributed by atoms with van der Waals surface area (Å²) in [4.78, 5) is 13.9. The Morgan fingerprint density at radius 1 is 1.53 bits per heavy atom. The number of halogens is 1. The first-order valence-corrected chi connectivity index (χ1v) is 6.34. The molecule has 1 atom stereocenters. The molecule has 0 spiro atoms. The minimum atomic E-state index is 0. The molecule has 2 N–H and O–H groups in total. The maximum Gasteiger partial charge on any atom is 0.257 e. The van der Waals surface area contributed by atoms with E-state index in [4.69, 9.17) is 5.73 Å². The second-order valence-electron chi connectivity index (χ2n) is 5.19. The predicted molar refractivity (Wildman–Crippen MR) is 79.6 cm³/mol. The zero-order valence-corrected chi connectivity index (χ0v) is 13.2. The molecule has 0 aromatic carbocycles. The monoisotopic (exact) mass is 288 g/mol. The van der Waals surface area contributed by atoms with Crippen LogP contribution in [0.1, 0.15) is 36.3 Å². The number of aromatic nitrogens is 2. The van der Waals surface area contributed by atoms with Gasteiger partial charge in [-0.2, -0.15) is 5.10 Å². The molecule has 5 nitrogen and oxygen atoms in total. The van der Waals surface area contributed by atoms with Gasteiger partial charge in [0, 0.05) is 32.4 Å². The summed E-state index contributed by atoms with van der Waals surface area (Å²) in [6.07, 6.45) is 2.44. The Balaban J connectivity index is 0.00000324. The molecule has 19 heavy (non-hydrogen) atoms. The molecule has 1 heterocycles. The second-order valence-corrected chi connectivity index (χ2v) is 5.19. The van der Waals surface area contributed by atoms with E-state index in [0.29, 0.717) is 18.0 Å². The Hall–Kier alpha value is -1.07. The zero-order valence-electron chi connectivity index (χ0n) is 12.4. The number of nitrogens with two attached hydrogens (primary N) is 1. The lowest BCUT2D eigenvalue weighted by Crippen LogP contribution is -2.34. The predicted octanol–water partition coefficient (Wildman–Crippen LogP) is 1.60. The number of amides is 1. The van der Waals surface area contributed by atoms with Crippen LogP contribution in [0, 0.1) is 12.8 Å². The van der Waals surface area contributed by atoms with Crippen LogP contribution >= 0.6 is 12.4 Å². The molecule has 0 radical (unpaired) electrons. The molecule has 1 unspecified atom stereocenters. The van der Waals surface area contributed by atoms with Gasteiger partial charge in [-0.05, 0) is 19.3 Å². The smallest absolute Gasteiger partial charge is 0.257 e. The highest BCUT2D eigenvalue weighted by Gasteiger charge is 2.18. The van der Waals surface area contributed by atoms with Crippen LogP contribution in [0.5, 0.6) is 0 Å². The molecule has 0 fully saturated rings. The van der Waals surface area contributed by atoms with E-state index >= 15 is 0 Å². The molecule has 0 saturated heterocycles. The molecule has 0 saturated carbocycles. The van der Waals surface area contributed by atoms with Crippen molar-refractivity contribution in [2.75, 3.05) is 13.6 Å². The Labute approximate surface area is 121 Å². The van der Waals surface area contributed by atoms with Crippen LogP contribution in [0.25, 0.3) is 0 Å². The number of carbonyl (C=O) groups excluding carboxylic acids is 1. The lowest BCUT2D eigenvalue weighted by atomic mass is 10.0. The van der Waals surface area contributed by atoms with Crippen molar-refractivity contribution >= 4 is 18.3 Å². The highest BCUT2D eigenvalue weighted by atomic mass is 35.5. The lowest BCUT2D eigenvalue weighted by molar-refractivity contribution is 0.0788. The van der Waals surface area contributed by atoms with Crippen molar-refractivity contribution in [1.29, 1.82) is 0 Å². The summed E-state index contributed by atoms with van der Waals surface area (Å²) in [7, 11) is 3.64. The number of carbonyl (C=O) groups is 1. The number of nitrogens with zero attached hydrogens (tertiary/aromatic N) is 3. The molecule has 6 heteroatoms. The Morgan fingerprint density at radius 3 is 2.53 bits per heavy atom. The summed E-state index contributed by atoms with van der Waals surface area (Å²) in [5, 5.41) is 4.09. The molecule has 1 amide bonds. The van der Waals surface area contributed by atoms with E-state index in [2.05, 4.69) is 18.9 Å². The van der Waals surface area contributed by atoms with Gasteiger partial charge in [-0.25, -0.2) is 0 Å². The van der Waals surface area contributed by atoms with E-state index in [1.54, 1.807) is 15.8 Å². The molecule has 1 aromatic rings. The largest absolute Gasteiger partial charge is 0.342 e. The summed E-state index contributed by atoms with van der Waals surface area (Å²) in [6.45, 7) is 6.76. The van der Waals surface area contributed by atoms with E-state index in [1.807, 2.05) is 21.0 Å². The van der Waals surface area contributed by atoms with Gasteiger partial charge in [-0.1, -0.05) is 13.8 Å². The van der Waals surface area contributed by atoms with E-state index < -0.39 is 0 Å². The molecule has 0 bridgehead atoms. The van der Waals surface area contributed by atoms with Crippen LogP contribution in [0.3, 0.4) is 0 Å². The van der Waals surface area contributed by atoms with E-state index in [9.17, 15) is 4.79 Å². The highest BCUT2D eigenvalue weighted by Crippen LogP contribution is 2.10. The third-order valence-electron chi connectivity index (χ3n) is 3.47. The average molecular weight is 289 g/mol. The zero-order chi connectivity index (χ0) is 13.9. The third-order valence-corrected chi connectivity index (χ3v) is 3.47. The van der Waals surface area contributed by atoms with E-state index in [-0.39, 0.29) is 24.4 Å². The number of hydrogen-bond acceptors (Lipinski definition) is 3. The van der Waals surface area contributed by atoms with Gasteiger partial charge in [-0.3, -0.25) is 9.48 Å². The van der Waals surface area contributed by atoms with Gasteiger partial charge in [-0.15, -0.1) is 12.4 Å². The second kappa shape index (κ2) is 7.50. The van der Waals surface area contributed by atoms with Crippen LogP contribution < -0.4 is 5.73 Å². The van der Waals surface area contributed by atoms with Gasteiger partial charge >= 0.3 is 0 Å². The normalized spacial score (nSPS) is 12.2. The number of aryl methyl sites for hydroxylation is 1. The minimum absolute atomic E-state index is 0. The first kappa shape index (κ1) is 17.9. The maximum absolute atomic E-state index is 12.2. The molecular weight excluding hydrogens is 264 g/mol. The van der Waals surface area contributed by atoms with Crippen molar-refractivity contribution in [1.82, 2.24) is 14.7 Å². The standard InChI is InChI=1S/C13H24N4O.ClH/c1-9(2)12(14)6-7-16(4)13(18)11-8-15-17(5)10(11)3;/h8-9,12H,6-7,14H2,1-5H3;1H. The number of hydrogen-bond donors (Lipinski definition) is 1. The highest BCUT2D eigenvalue weighted by molar-refractivity contribution is 5.94. The van der Waals surface area contributed by atoms with E-state index in [0.717, 1.165) is 12.1 Å². The van der Waals surface area contributed by atoms with Crippen molar-refractivity contribution in [3.63, 3.8) is 0 Å². The summed E-state index contributed by atoms with van der Waals surface area (Å²) in [6, 6.07) is 0.134. The maximum atomic E-state index is 12.2. The van der Waals surface area contributed by atoms with Crippen LogP contribution in [-0.2, 0) is 7.05 Å². The van der Waals surface area contributed by atoms with Crippen molar-refractivity contribution in [2.45, 2.75) is 33.2 Å². The van der Waals surface area contributed by atoms with Crippen molar-refractivity contribution < 1.29 is 4.79 Å². The fraction of sp³-hybridized carbons (Fsp3) is 0.692. The molecule has 0 aliphatic heterocycles. The van der Waals surface area contributed by atoms with Gasteiger partial charge in [0.15, 0.2) is 0 Å². The van der Waals surface area contributed by atoms with Gasteiger partial charge in [0.2, 0.25) is 0 Å². The fourth-order valence-corrected chi connectivity index (χ4v) is 1.69. The topological polar surface area (TPSA) is 64.2 Å². The molecule has 0 aliphatic carbocycles. The SMILES string of the molecule is Cc1c(C(=O)N(C)CCC(N)C(C)C)cnn1C.Cl. The first-order chi connectivity index (χ1) is 8.34. The van der Waals surface area contributed by atoms with Gasteiger partial charge < -0.3 is 10.6 Å². The average Bonchev–Trinajstić information content (AvgIpc) is 2.65. The van der Waals surface area contributed by atoms with Gasteiger partial charge in [0.1, 0.15) is 0 Å². The van der Waals surface area contributed by atoms with Crippen molar-refractivity contribution in [3.05, 3.63) is 17.5 Å². The molecule has 1 aromatic heterocycles. The van der Waals surface area contributed by atoms with Crippen LogP contribution in [0.2, 0.25) is 0 Å². The van der Waals surface area contributed by atoms with Gasteiger partial charge in [0.05, 0.1) is 11.8 Å². The summed E-state index contributed by atoms with van der Waals surface area (Å²) >= 11 is 0. The molecule has 110 valence electrons. The Bertz CT molecular complexity index is 417. The number of rotatable bonds is 5. The lowest BCUT2D eigenvalue weighted by Gasteiger charge is -2.21.